The Morgan fingerprint density at radius 2 is 1.88 bits per heavy atom. The molecular weight excluding hydrogens is 352 g/mol. The van der Waals surface area contributed by atoms with Gasteiger partial charge in [0.25, 0.3) is 0 Å². The molecule has 0 amide bonds. The topological polar surface area (TPSA) is 80.9 Å². The molecule has 144 valence electrons. The maximum atomic E-state index is 11.2. The Bertz CT molecular complexity index is 696. The monoisotopic (exact) mass is 380 g/mol. The third-order valence-electron chi connectivity index (χ3n) is 8.59. The number of rotatable bonds is 0. The highest BCUT2D eigenvalue weighted by molar-refractivity contribution is 6.30. The summed E-state index contributed by atoms with van der Waals surface area (Å²) >= 11 is 5.62. The maximum Gasteiger partial charge on any atom is 0.157 e. The van der Waals surface area contributed by atoms with Crippen LogP contribution in [0.25, 0.3) is 0 Å². The normalized spacial score (nSPS) is 55.7. The zero-order chi connectivity index (χ0) is 18.9. The third-order valence-corrected chi connectivity index (χ3v) is 8.68. The number of halogens is 1. The SMILES string of the molecule is C[C@]12CC(O)C(O)CC1=CC[C@@H]1[C@H]2CC[C@@]2(C)[C@H]1CC(O)C2(O)C#CCl. The average molecular weight is 381 g/mol. The number of hydrogen-bond donors (Lipinski definition) is 4. The zero-order valence-electron chi connectivity index (χ0n) is 15.5. The van der Waals surface area contributed by atoms with Crippen molar-refractivity contribution >= 4 is 11.6 Å². The number of hydrogen-bond acceptors (Lipinski definition) is 4. The average Bonchev–Trinajstić information content (AvgIpc) is 2.77. The maximum absolute atomic E-state index is 11.2. The second kappa shape index (κ2) is 5.96. The fourth-order valence-corrected chi connectivity index (χ4v) is 7.15. The van der Waals surface area contributed by atoms with E-state index in [0.29, 0.717) is 31.1 Å². The Kier molecular flexibility index (Phi) is 4.31. The van der Waals surface area contributed by atoms with E-state index >= 15 is 0 Å². The van der Waals surface area contributed by atoms with Crippen LogP contribution in [0.3, 0.4) is 0 Å². The number of aliphatic hydroxyl groups excluding tert-OH is 3. The molecule has 26 heavy (non-hydrogen) atoms. The van der Waals surface area contributed by atoms with E-state index in [9.17, 15) is 20.4 Å². The molecule has 4 unspecified atom stereocenters. The van der Waals surface area contributed by atoms with Crippen LogP contribution < -0.4 is 0 Å². The van der Waals surface area contributed by atoms with Crippen molar-refractivity contribution in [1.29, 1.82) is 0 Å². The first-order chi connectivity index (χ1) is 12.2. The van der Waals surface area contributed by atoms with Gasteiger partial charge < -0.3 is 20.4 Å². The lowest BCUT2D eigenvalue weighted by molar-refractivity contribution is -0.125. The molecule has 0 saturated heterocycles. The molecule has 4 N–H and O–H groups in total. The molecule has 0 heterocycles. The minimum atomic E-state index is -1.46. The Hall–Kier alpha value is -0.570. The van der Waals surface area contributed by atoms with Gasteiger partial charge in [-0.25, -0.2) is 0 Å². The lowest BCUT2D eigenvalue weighted by atomic mass is 9.47. The molecule has 9 atom stereocenters. The van der Waals surface area contributed by atoms with Crippen molar-refractivity contribution in [2.45, 2.75) is 76.3 Å². The molecule has 0 aliphatic heterocycles. The van der Waals surface area contributed by atoms with Crippen molar-refractivity contribution in [2.75, 3.05) is 0 Å². The van der Waals surface area contributed by atoms with Gasteiger partial charge in [-0.2, -0.15) is 0 Å². The predicted octanol–water partition coefficient (Wildman–Crippen LogP) is 2.18. The smallest absolute Gasteiger partial charge is 0.157 e. The third kappa shape index (κ3) is 2.25. The Morgan fingerprint density at radius 3 is 2.58 bits per heavy atom. The summed E-state index contributed by atoms with van der Waals surface area (Å²) in [5.74, 6) is 3.61. The van der Waals surface area contributed by atoms with Gasteiger partial charge in [-0.1, -0.05) is 25.5 Å². The summed E-state index contributed by atoms with van der Waals surface area (Å²) in [5, 5.41) is 44.5. The fourth-order valence-electron chi connectivity index (χ4n) is 7.01. The van der Waals surface area contributed by atoms with E-state index in [1.165, 1.54) is 5.57 Å². The second-order valence-electron chi connectivity index (χ2n) is 9.50. The van der Waals surface area contributed by atoms with Gasteiger partial charge in [0.1, 0.15) is 0 Å². The highest BCUT2D eigenvalue weighted by atomic mass is 35.5. The van der Waals surface area contributed by atoms with Crippen molar-refractivity contribution in [1.82, 2.24) is 0 Å². The summed E-state index contributed by atoms with van der Waals surface area (Å²) in [6.07, 6.45) is 4.27. The second-order valence-corrected chi connectivity index (χ2v) is 9.68. The van der Waals surface area contributed by atoms with Gasteiger partial charge in [-0.15, -0.1) is 0 Å². The molecule has 0 aromatic rings. The fraction of sp³-hybridized carbons (Fsp3) is 0.810. The van der Waals surface area contributed by atoms with Crippen molar-refractivity contribution in [3.63, 3.8) is 0 Å². The minimum absolute atomic E-state index is 0.118. The van der Waals surface area contributed by atoms with Crippen molar-refractivity contribution in [2.24, 2.45) is 28.6 Å². The van der Waals surface area contributed by atoms with E-state index in [4.69, 9.17) is 11.6 Å². The summed E-state index contributed by atoms with van der Waals surface area (Å²) in [6.45, 7) is 4.27. The first-order valence-corrected chi connectivity index (χ1v) is 10.1. The number of allylic oxidation sites excluding steroid dienone is 1. The Balaban J connectivity index is 1.72. The van der Waals surface area contributed by atoms with E-state index < -0.39 is 29.3 Å². The molecule has 0 aromatic heterocycles. The molecule has 3 saturated carbocycles. The summed E-state index contributed by atoms with van der Waals surface area (Å²) in [7, 11) is 0. The molecule has 4 rings (SSSR count). The van der Waals surface area contributed by atoms with Crippen molar-refractivity contribution in [3.05, 3.63) is 11.6 Å². The van der Waals surface area contributed by atoms with E-state index in [2.05, 4.69) is 24.3 Å². The zero-order valence-corrected chi connectivity index (χ0v) is 16.2. The molecule has 0 aromatic carbocycles. The van der Waals surface area contributed by atoms with E-state index in [1.807, 2.05) is 6.92 Å². The predicted molar refractivity (Wildman–Crippen MR) is 99.1 cm³/mol. The van der Waals surface area contributed by atoms with Gasteiger partial charge in [0.2, 0.25) is 0 Å². The van der Waals surface area contributed by atoms with Crippen LogP contribution in [0.5, 0.6) is 0 Å². The van der Waals surface area contributed by atoms with Crippen molar-refractivity contribution in [3.8, 4) is 11.3 Å². The molecule has 0 bridgehead atoms. The van der Waals surface area contributed by atoms with Gasteiger partial charge in [-0.3, -0.25) is 0 Å². The van der Waals surface area contributed by atoms with E-state index in [1.54, 1.807) is 0 Å². The standard InChI is InChI=1S/C21H29ClO4/c1-19-11-17(24)16(23)9-12(19)3-4-13-14(19)5-6-20(2)15(13)10-18(25)21(20,26)7-8-22/h3,13-18,23-26H,4-6,9-11H2,1-2H3/t13-,14-,15+,16?,17?,18?,19+,20+,21?/m1/s1. The van der Waals surface area contributed by atoms with Crippen molar-refractivity contribution < 1.29 is 20.4 Å². The number of fused-ring (bicyclic) bond motifs is 5. The summed E-state index contributed by atoms with van der Waals surface area (Å²) < 4.78 is 0. The molecule has 4 aliphatic rings. The van der Waals surface area contributed by atoms with E-state index in [0.717, 1.165) is 19.3 Å². The molecule has 0 spiro atoms. The Morgan fingerprint density at radius 1 is 1.15 bits per heavy atom. The van der Waals surface area contributed by atoms with Crippen LogP contribution in [0, 0.1) is 39.9 Å². The van der Waals surface area contributed by atoms with Crippen LogP contribution in [0.15, 0.2) is 11.6 Å². The van der Waals surface area contributed by atoms with Crippen LogP contribution >= 0.6 is 11.6 Å². The summed E-state index contributed by atoms with van der Waals surface area (Å²) in [5.41, 5.74) is -0.789. The molecular formula is C21H29ClO4. The molecule has 3 fully saturated rings. The van der Waals surface area contributed by atoms with Crippen LogP contribution in [0.2, 0.25) is 0 Å². The van der Waals surface area contributed by atoms with Gasteiger partial charge in [0.05, 0.1) is 18.3 Å². The highest BCUT2D eigenvalue weighted by Crippen LogP contribution is 2.67. The molecule has 4 aliphatic carbocycles. The molecule has 4 nitrogen and oxygen atoms in total. The largest absolute Gasteiger partial charge is 0.390 e. The molecule has 5 heteroatoms. The Labute approximate surface area is 160 Å². The van der Waals surface area contributed by atoms with E-state index in [-0.39, 0.29) is 11.3 Å². The first-order valence-electron chi connectivity index (χ1n) is 9.76. The van der Waals surface area contributed by atoms with Gasteiger partial charge in [0.15, 0.2) is 5.60 Å². The number of aliphatic hydroxyl groups is 4. The van der Waals surface area contributed by atoms with Crippen LogP contribution in [-0.2, 0) is 0 Å². The van der Waals surface area contributed by atoms with Crippen LogP contribution in [-0.4, -0.2) is 44.3 Å². The lowest BCUT2D eigenvalue weighted by Crippen LogP contribution is -2.57. The molecule has 0 radical (unpaired) electrons. The van der Waals surface area contributed by atoms with Crippen LogP contribution in [0.4, 0.5) is 0 Å². The first kappa shape index (κ1) is 18.8. The van der Waals surface area contributed by atoms with Gasteiger partial charge in [0, 0.05) is 10.8 Å². The summed E-state index contributed by atoms with van der Waals surface area (Å²) in [6, 6.07) is 0. The van der Waals surface area contributed by atoms with Gasteiger partial charge in [-0.05, 0) is 79.2 Å². The minimum Gasteiger partial charge on any atom is -0.390 e. The lowest BCUT2D eigenvalue weighted by Gasteiger charge is -2.58. The summed E-state index contributed by atoms with van der Waals surface area (Å²) in [4.78, 5) is 0. The van der Waals surface area contributed by atoms with Crippen LogP contribution in [0.1, 0.15) is 52.4 Å². The quantitative estimate of drug-likeness (QED) is 0.383. The highest BCUT2D eigenvalue weighted by Gasteiger charge is 2.67. The van der Waals surface area contributed by atoms with Gasteiger partial charge >= 0.3 is 0 Å².